The Morgan fingerprint density at radius 1 is 1.33 bits per heavy atom. The third-order valence-corrected chi connectivity index (χ3v) is 2.99. The number of likely N-dealkylation sites (N-methyl/N-ethyl adjacent to an activating group) is 1. The van der Waals surface area contributed by atoms with Gasteiger partial charge in [0.15, 0.2) is 17.6 Å². The van der Waals surface area contributed by atoms with Crippen molar-refractivity contribution in [2.24, 2.45) is 0 Å². The summed E-state index contributed by atoms with van der Waals surface area (Å²) in [5, 5.41) is 5.81. The molecule has 6 nitrogen and oxygen atoms in total. The molecule has 0 aliphatic heterocycles. The fourth-order valence-corrected chi connectivity index (χ4v) is 1.83. The Hall–Kier alpha value is -1.79. The summed E-state index contributed by atoms with van der Waals surface area (Å²) in [6.45, 7) is 3.68. The molecule has 1 amide bonds. The first-order chi connectivity index (χ1) is 10.1. The van der Waals surface area contributed by atoms with Gasteiger partial charge >= 0.3 is 0 Å². The smallest absolute Gasteiger partial charge is 0.260 e. The van der Waals surface area contributed by atoms with Gasteiger partial charge in [-0.3, -0.25) is 4.79 Å². The highest BCUT2D eigenvalue weighted by Crippen LogP contribution is 2.31. The minimum atomic E-state index is -0.593. The first kappa shape index (κ1) is 17.3. The molecule has 0 heterocycles. The fourth-order valence-electron chi connectivity index (χ4n) is 1.83. The number of carbonyl (C=O) groups is 1. The number of hydrogen-bond acceptors (Lipinski definition) is 5. The lowest BCUT2D eigenvalue weighted by Crippen LogP contribution is -2.34. The second kappa shape index (κ2) is 9.20. The summed E-state index contributed by atoms with van der Waals surface area (Å²) in [4.78, 5) is 11.6. The zero-order chi connectivity index (χ0) is 15.7. The van der Waals surface area contributed by atoms with Gasteiger partial charge in [-0.05, 0) is 13.0 Å². The van der Waals surface area contributed by atoms with E-state index in [1.165, 1.54) is 0 Å². The van der Waals surface area contributed by atoms with Gasteiger partial charge < -0.3 is 24.8 Å². The molecule has 118 valence electrons. The number of amides is 1. The number of para-hydroxylation sites is 1. The molecular weight excluding hydrogens is 272 g/mol. The van der Waals surface area contributed by atoms with Crippen molar-refractivity contribution in [1.29, 1.82) is 0 Å². The number of methoxy groups -OCH3 is 2. The fraction of sp³-hybridized carbons (Fsp3) is 0.533. The minimum Gasteiger partial charge on any atom is -0.493 e. The first-order valence-corrected chi connectivity index (χ1v) is 6.87. The summed E-state index contributed by atoms with van der Waals surface area (Å²) in [5.41, 5.74) is 0.932. The van der Waals surface area contributed by atoms with Crippen LogP contribution in [-0.2, 0) is 16.1 Å². The maximum atomic E-state index is 11.6. The van der Waals surface area contributed by atoms with E-state index in [0.29, 0.717) is 24.7 Å². The lowest BCUT2D eigenvalue weighted by Gasteiger charge is -2.19. The van der Waals surface area contributed by atoms with Crippen LogP contribution in [-0.4, -0.2) is 46.4 Å². The van der Waals surface area contributed by atoms with Gasteiger partial charge in [0.1, 0.15) is 0 Å². The molecule has 0 radical (unpaired) electrons. The molecule has 0 bridgehead atoms. The molecule has 0 aromatic heterocycles. The van der Waals surface area contributed by atoms with Crippen LogP contribution in [0.1, 0.15) is 12.5 Å². The van der Waals surface area contributed by atoms with E-state index in [1.807, 2.05) is 18.2 Å². The number of ether oxygens (including phenoxy) is 3. The average Bonchev–Trinajstić information content (AvgIpc) is 2.51. The van der Waals surface area contributed by atoms with Gasteiger partial charge in [0.25, 0.3) is 5.91 Å². The van der Waals surface area contributed by atoms with Gasteiger partial charge in [0.05, 0.1) is 13.7 Å². The number of nitrogens with one attached hydrogen (secondary N) is 2. The maximum Gasteiger partial charge on any atom is 0.260 e. The van der Waals surface area contributed by atoms with Crippen LogP contribution in [0.25, 0.3) is 0 Å². The van der Waals surface area contributed by atoms with Crippen molar-refractivity contribution in [2.45, 2.75) is 19.6 Å². The third-order valence-electron chi connectivity index (χ3n) is 2.99. The van der Waals surface area contributed by atoms with Gasteiger partial charge in [0.2, 0.25) is 0 Å². The molecule has 0 saturated carbocycles. The summed E-state index contributed by atoms with van der Waals surface area (Å²) >= 11 is 0. The van der Waals surface area contributed by atoms with Crippen molar-refractivity contribution in [2.75, 3.05) is 34.4 Å². The van der Waals surface area contributed by atoms with E-state index >= 15 is 0 Å². The Morgan fingerprint density at radius 3 is 2.71 bits per heavy atom. The zero-order valence-corrected chi connectivity index (χ0v) is 13.1. The highest BCUT2D eigenvalue weighted by molar-refractivity contribution is 5.80. The summed E-state index contributed by atoms with van der Waals surface area (Å²) < 4.78 is 16.1. The van der Waals surface area contributed by atoms with Gasteiger partial charge in [-0.25, -0.2) is 0 Å². The van der Waals surface area contributed by atoms with Crippen LogP contribution in [0.3, 0.4) is 0 Å². The zero-order valence-electron chi connectivity index (χ0n) is 13.1. The van der Waals surface area contributed by atoms with Crippen molar-refractivity contribution in [3.05, 3.63) is 23.8 Å². The standard InChI is InChI=1S/C15H24N2O4/c1-11(15(18)16-2)21-14-12(10-17-8-9-19-3)6-5-7-13(14)20-4/h5-7,11,17H,8-10H2,1-4H3,(H,16,18). The molecule has 1 atom stereocenters. The Bertz CT molecular complexity index is 451. The number of carbonyl (C=O) groups excluding carboxylic acids is 1. The molecule has 0 saturated heterocycles. The van der Waals surface area contributed by atoms with Crippen LogP contribution in [0.4, 0.5) is 0 Å². The summed E-state index contributed by atoms with van der Waals surface area (Å²) in [5.74, 6) is 1.01. The highest BCUT2D eigenvalue weighted by atomic mass is 16.5. The molecule has 1 aromatic carbocycles. The number of benzene rings is 1. The molecule has 0 aliphatic rings. The van der Waals surface area contributed by atoms with E-state index in [1.54, 1.807) is 28.2 Å². The van der Waals surface area contributed by atoms with Gasteiger partial charge in [-0.2, -0.15) is 0 Å². The molecule has 0 fully saturated rings. The van der Waals surface area contributed by atoms with Crippen LogP contribution in [0.2, 0.25) is 0 Å². The van der Waals surface area contributed by atoms with Crippen molar-refractivity contribution in [1.82, 2.24) is 10.6 Å². The van der Waals surface area contributed by atoms with E-state index in [-0.39, 0.29) is 5.91 Å². The average molecular weight is 296 g/mol. The van der Waals surface area contributed by atoms with E-state index < -0.39 is 6.10 Å². The minimum absolute atomic E-state index is 0.181. The number of hydrogen-bond donors (Lipinski definition) is 2. The van der Waals surface area contributed by atoms with E-state index in [0.717, 1.165) is 12.1 Å². The van der Waals surface area contributed by atoms with Crippen LogP contribution in [0.15, 0.2) is 18.2 Å². The molecule has 21 heavy (non-hydrogen) atoms. The summed E-state index contributed by atoms with van der Waals surface area (Å²) in [6, 6.07) is 5.64. The highest BCUT2D eigenvalue weighted by Gasteiger charge is 2.18. The molecule has 1 unspecified atom stereocenters. The second-order valence-corrected chi connectivity index (χ2v) is 4.49. The van der Waals surface area contributed by atoms with E-state index in [9.17, 15) is 4.79 Å². The largest absolute Gasteiger partial charge is 0.493 e. The topological polar surface area (TPSA) is 68.8 Å². The predicted octanol–water partition coefficient (Wildman–Crippen LogP) is 0.945. The Balaban J connectivity index is 2.84. The van der Waals surface area contributed by atoms with Gasteiger partial charge in [0, 0.05) is 32.8 Å². The quantitative estimate of drug-likeness (QED) is 0.664. The summed E-state index contributed by atoms with van der Waals surface area (Å²) in [6.07, 6.45) is -0.593. The van der Waals surface area contributed by atoms with Crippen LogP contribution in [0, 0.1) is 0 Å². The molecule has 1 aromatic rings. The molecule has 0 spiro atoms. The predicted molar refractivity (Wildman–Crippen MR) is 80.7 cm³/mol. The van der Waals surface area contributed by atoms with Crippen LogP contribution < -0.4 is 20.1 Å². The van der Waals surface area contributed by atoms with E-state index in [2.05, 4.69) is 10.6 Å². The van der Waals surface area contributed by atoms with Crippen molar-refractivity contribution in [3.8, 4) is 11.5 Å². The van der Waals surface area contributed by atoms with Crippen molar-refractivity contribution in [3.63, 3.8) is 0 Å². The van der Waals surface area contributed by atoms with Gasteiger partial charge in [-0.15, -0.1) is 0 Å². The van der Waals surface area contributed by atoms with E-state index in [4.69, 9.17) is 14.2 Å². The molecule has 0 aliphatic carbocycles. The summed E-state index contributed by atoms with van der Waals surface area (Å²) in [7, 11) is 4.82. The van der Waals surface area contributed by atoms with Crippen LogP contribution in [0.5, 0.6) is 11.5 Å². The third kappa shape index (κ3) is 5.24. The molecular formula is C15H24N2O4. The molecule has 1 rings (SSSR count). The Kier molecular flexibility index (Phi) is 7.56. The van der Waals surface area contributed by atoms with Crippen molar-refractivity contribution < 1.29 is 19.0 Å². The van der Waals surface area contributed by atoms with Crippen LogP contribution >= 0.6 is 0 Å². The SMILES string of the molecule is CNC(=O)C(C)Oc1c(CNCCOC)cccc1OC. The second-order valence-electron chi connectivity index (χ2n) is 4.49. The lowest BCUT2D eigenvalue weighted by atomic mass is 10.1. The molecule has 6 heteroatoms. The number of rotatable bonds is 9. The first-order valence-electron chi connectivity index (χ1n) is 6.87. The Morgan fingerprint density at radius 2 is 2.10 bits per heavy atom. The maximum absolute atomic E-state index is 11.6. The Labute approximate surface area is 125 Å². The monoisotopic (exact) mass is 296 g/mol. The van der Waals surface area contributed by atoms with Gasteiger partial charge in [-0.1, -0.05) is 12.1 Å². The van der Waals surface area contributed by atoms with Crippen molar-refractivity contribution >= 4 is 5.91 Å². The lowest BCUT2D eigenvalue weighted by molar-refractivity contribution is -0.126. The normalized spacial score (nSPS) is 11.8. The molecule has 2 N–H and O–H groups in total.